The van der Waals surface area contributed by atoms with Crippen LogP contribution in [0.3, 0.4) is 0 Å². The second-order valence-corrected chi connectivity index (χ2v) is 5.24. The summed E-state index contributed by atoms with van der Waals surface area (Å²) in [4.78, 5) is 16.3. The number of nitrogens with zero attached hydrogens (tertiary/aromatic N) is 2. The fourth-order valence-corrected chi connectivity index (χ4v) is 2.36. The summed E-state index contributed by atoms with van der Waals surface area (Å²) in [5.74, 6) is 0.299. The molecule has 0 fully saturated rings. The molecule has 6 nitrogen and oxygen atoms in total. The first-order valence-electron chi connectivity index (χ1n) is 6.69. The van der Waals surface area contributed by atoms with Crippen LogP contribution in [-0.2, 0) is 11.3 Å². The summed E-state index contributed by atoms with van der Waals surface area (Å²) in [5, 5.41) is 7.00. The topological polar surface area (TPSA) is 77.3 Å². The van der Waals surface area contributed by atoms with Gasteiger partial charge in [0.05, 0.1) is 22.2 Å². The van der Waals surface area contributed by atoms with Gasteiger partial charge in [0.2, 0.25) is 5.89 Å². The number of nitrogens with one attached hydrogen (secondary N) is 1. The number of aromatic nitrogens is 2. The maximum absolute atomic E-state index is 12.1. The average molecular weight is 344 g/mol. The number of hydrogen-bond acceptors (Lipinski definition) is 5. The predicted molar refractivity (Wildman–Crippen MR) is 82.0 cm³/mol. The van der Waals surface area contributed by atoms with E-state index in [2.05, 4.69) is 15.5 Å². The third-order valence-corrected chi connectivity index (χ3v) is 3.48. The maximum atomic E-state index is 12.1. The fourth-order valence-electron chi connectivity index (χ4n) is 1.79. The summed E-state index contributed by atoms with van der Waals surface area (Å²) in [6.07, 6.45) is -0.267. The molecule has 1 unspecified atom stereocenters. The van der Waals surface area contributed by atoms with E-state index in [0.29, 0.717) is 12.4 Å². The van der Waals surface area contributed by atoms with Crippen molar-refractivity contribution in [1.82, 2.24) is 15.5 Å². The molecule has 0 aliphatic carbocycles. The van der Waals surface area contributed by atoms with E-state index in [1.165, 1.54) is 0 Å². The van der Waals surface area contributed by atoms with Crippen molar-refractivity contribution in [1.29, 1.82) is 0 Å². The van der Waals surface area contributed by atoms with Crippen LogP contribution in [0.1, 0.15) is 42.0 Å². The minimum Gasteiger partial charge on any atom is -0.371 e. The van der Waals surface area contributed by atoms with Gasteiger partial charge in [-0.15, -0.1) is 0 Å². The smallest absolute Gasteiger partial charge is 0.254 e. The number of halogens is 2. The van der Waals surface area contributed by atoms with Gasteiger partial charge in [0.25, 0.3) is 5.91 Å². The Morgan fingerprint density at radius 1 is 1.41 bits per heavy atom. The summed E-state index contributed by atoms with van der Waals surface area (Å²) in [6, 6.07) is 4.86. The minimum absolute atomic E-state index is 0.0756. The molecule has 0 aliphatic heterocycles. The quantitative estimate of drug-likeness (QED) is 0.869. The van der Waals surface area contributed by atoms with Crippen molar-refractivity contribution in [3.8, 4) is 0 Å². The summed E-state index contributed by atoms with van der Waals surface area (Å²) < 4.78 is 10.4. The number of ether oxygens (including phenoxy) is 1. The van der Waals surface area contributed by atoms with Gasteiger partial charge < -0.3 is 14.6 Å². The van der Waals surface area contributed by atoms with Gasteiger partial charge in [-0.05, 0) is 26.0 Å². The average Bonchev–Trinajstić information content (AvgIpc) is 2.94. The van der Waals surface area contributed by atoms with Gasteiger partial charge in [-0.2, -0.15) is 4.98 Å². The van der Waals surface area contributed by atoms with Gasteiger partial charge >= 0.3 is 0 Å². The van der Waals surface area contributed by atoms with Gasteiger partial charge in [0.1, 0.15) is 6.10 Å². The highest BCUT2D eigenvalue weighted by Gasteiger charge is 2.17. The Morgan fingerprint density at radius 2 is 2.09 bits per heavy atom. The molecule has 22 heavy (non-hydrogen) atoms. The highest BCUT2D eigenvalue weighted by atomic mass is 35.5. The molecule has 2 rings (SSSR count). The Hall–Kier alpha value is -1.63. The molecule has 0 saturated heterocycles. The summed E-state index contributed by atoms with van der Waals surface area (Å²) in [5.41, 5.74) is 0.216. The first-order chi connectivity index (χ1) is 10.5. The van der Waals surface area contributed by atoms with E-state index >= 15 is 0 Å². The van der Waals surface area contributed by atoms with Gasteiger partial charge in [-0.1, -0.05) is 34.4 Å². The van der Waals surface area contributed by atoms with Crippen LogP contribution in [0.4, 0.5) is 0 Å². The zero-order valence-electron chi connectivity index (χ0n) is 12.1. The van der Waals surface area contributed by atoms with E-state index in [1.54, 1.807) is 18.2 Å². The number of benzene rings is 1. The molecule has 0 spiro atoms. The van der Waals surface area contributed by atoms with E-state index in [0.717, 1.165) is 0 Å². The molecule has 8 heteroatoms. The second-order valence-electron chi connectivity index (χ2n) is 4.42. The SMILES string of the molecule is CCOC(C)c1noc(CNC(=O)c2c(Cl)cccc2Cl)n1. The molecule has 118 valence electrons. The van der Waals surface area contributed by atoms with Crippen LogP contribution in [0.5, 0.6) is 0 Å². The third kappa shape index (κ3) is 3.97. The normalized spacial score (nSPS) is 12.2. The standard InChI is InChI=1S/C14H15Cl2N3O3/c1-3-21-8(2)13-18-11(22-19-13)7-17-14(20)12-9(15)5-4-6-10(12)16/h4-6,8H,3,7H2,1-2H3,(H,17,20). The van der Waals surface area contributed by atoms with E-state index in [4.69, 9.17) is 32.5 Å². The molecule has 0 bridgehead atoms. The lowest BCUT2D eigenvalue weighted by Gasteiger charge is -2.06. The zero-order valence-corrected chi connectivity index (χ0v) is 13.6. The number of carbonyl (C=O) groups excluding carboxylic acids is 1. The second kappa shape index (κ2) is 7.58. The molecule has 1 atom stereocenters. The maximum Gasteiger partial charge on any atom is 0.254 e. The van der Waals surface area contributed by atoms with Crippen LogP contribution in [0.15, 0.2) is 22.7 Å². The molecular weight excluding hydrogens is 329 g/mol. The first-order valence-corrected chi connectivity index (χ1v) is 7.44. The van der Waals surface area contributed by atoms with Crippen LogP contribution < -0.4 is 5.32 Å². The van der Waals surface area contributed by atoms with Gasteiger partial charge in [0, 0.05) is 6.61 Å². The lowest BCUT2D eigenvalue weighted by Crippen LogP contribution is -2.23. The van der Waals surface area contributed by atoms with Gasteiger partial charge in [-0.3, -0.25) is 4.79 Å². The Labute approximate surface area is 137 Å². The molecule has 1 heterocycles. The van der Waals surface area contributed by atoms with E-state index < -0.39 is 5.91 Å². The van der Waals surface area contributed by atoms with Gasteiger partial charge in [0.15, 0.2) is 5.82 Å². The van der Waals surface area contributed by atoms with Crippen LogP contribution in [-0.4, -0.2) is 22.7 Å². The lowest BCUT2D eigenvalue weighted by molar-refractivity contribution is 0.0683. The van der Waals surface area contributed by atoms with Crippen molar-refractivity contribution >= 4 is 29.1 Å². The minimum atomic E-state index is -0.409. The fraction of sp³-hybridized carbons (Fsp3) is 0.357. The van der Waals surface area contributed by atoms with E-state index in [9.17, 15) is 4.79 Å². The lowest BCUT2D eigenvalue weighted by atomic mass is 10.2. The molecule has 1 N–H and O–H groups in total. The van der Waals surface area contributed by atoms with Crippen LogP contribution >= 0.6 is 23.2 Å². The highest BCUT2D eigenvalue weighted by Crippen LogP contribution is 2.24. The van der Waals surface area contributed by atoms with Crippen LogP contribution in [0.2, 0.25) is 10.0 Å². The van der Waals surface area contributed by atoms with E-state index in [-0.39, 0.29) is 34.1 Å². The first kappa shape index (κ1) is 16.7. The molecule has 0 radical (unpaired) electrons. The Morgan fingerprint density at radius 3 is 2.73 bits per heavy atom. The number of carbonyl (C=O) groups is 1. The Kier molecular flexibility index (Phi) is 5.76. The van der Waals surface area contributed by atoms with E-state index in [1.807, 2.05) is 13.8 Å². The summed E-state index contributed by atoms with van der Waals surface area (Å²) in [7, 11) is 0. The van der Waals surface area contributed by atoms with Crippen molar-refractivity contribution in [2.45, 2.75) is 26.5 Å². The molecule has 2 aromatic rings. The number of amides is 1. The summed E-state index contributed by atoms with van der Waals surface area (Å²) in [6.45, 7) is 4.32. The number of rotatable bonds is 6. The molecule has 1 aromatic carbocycles. The molecular formula is C14H15Cl2N3O3. The van der Waals surface area contributed by atoms with Crippen molar-refractivity contribution in [3.05, 3.63) is 45.5 Å². The third-order valence-electron chi connectivity index (χ3n) is 2.85. The monoisotopic (exact) mass is 343 g/mol. The van der Waals surface area contributed by atoms with Crippen molar-refractivity contribution in [2.24, 2.45) is 0 Å². The molecule has 1 amide bonds. The number of hydrogen-bond donors (Lipinski definition) is 1. The predicted octanol–water partition coefficient (Wildman–Crippen LogP) is 3.40. The van der Waals surface area contributed by atoms with Crippen molar-refractivity contribution < 1.29 is 14.1 Å². The highest BCUT2D eigenvalue weighted by molar-refractivity contribution is 6.39. The summed E-state index contributed by atoms with van der Waals surface area (Å²) >= 11 is 11.9. The molecule has 0 aliphatic rings. The Balaban J connectivity index is 2.00. The largest absolute Gasteiger partial charge is 0.371 e. The molecule has 0 saturated carbocycles. The van der Waals surface area contributed by atoms with Crippen molar-refractivity contribution in [3.63, 3.8) is 0 Å². The van der Waals surface area contributed by atoms with Crippen LogP contribution in [0, 0.1) is 0 Å². The van der Waals surface area contributed by atoms with Gasteiger partial charge in [-0.25, -0.2) is 0 Å². The zero-order chi connectivity index (χ0) is 16.1. The Bertz CT molecular complexity index is 640. The van der Waals surface area contributed by atoms with Crippen LogP contribution in [0.25, 0.3) is 0 Å². The molecule has 1 aromatic heterocycles. The van der Waals surface area contributed by atoms with Crippen molar-refractivity contribution in [2.75, 3.05) is 6.61 Å².